The molecule has 8 nitrogen and oxygen atoms in total. The van der Waals surface area contributed by atoms with Gasteiger partial charge in [-0.3, -0.25) is 15.5 Å². The molecular formula is C17H21N5O3. The fourth-order valence-electron chi connectivity index (χ4n) is 2.32. The molecule has 0 amide bonds. The van der Waals surface area contributed by atoms with Gasteiger partial charge in [0.25, 0.3) is 5.69 Å². The zero-order chi connectivity index (χ0) is 18.2. The molecule has 2 aromatic rings. The number of methoxy groups -OCH3 is 1. The molecule has 25 heavy (non-hydrogen) atoms. The standard InChI is InChI=1S/C17H21N5O3/c1-4-21(5-2)14-7-6-13(16(10-14)25-3)11-19-20-17-9-8-15(12-18-17)22(23)24/h6-12H,4-5H2,1-3H3,(H,18,20)/b19-11-. The van der Waals surface area contributed by atoms with Gasteiger partial charge in [-0.2, -0.15) is 5.10 Å². The van der Waals surface area contributed by atoms with Crippen LogP contribution in [-0.4, -0.2) is 36.3 Å². The van der Waals surface area contributed by atoms with Crippen molar-refractivity contribution in [3.8, 4) is 5.75 Å². The van der Waals surface area contributed by atoms with Crippen molar-refractivity contribution in [2.24, 2.45) is 5.10 Å². The zero-order valence-corrected chi connectivity index (χ0v) is 14.5. The Morgan fingerprint density at radius 1 is 1.32 bits per heavy atom. The summed E-state index contributed by atoms with van der Waals surface area (Å²) in [5, 5.41) is 14.7. The first-order valence-electron chi connectivity index (χ1n) is 7.91. The van der Waals surface area contributed by atoms with Crippen molar-refractivity contribution < 1.29 is 9.66 Å². The van der Waals surface area contributed by atoms with Gasteiger partial charge >= 0.3 is 0 Å². The molecule has 8 heteroatoms. The Kier molecular flexibility index (Phi) is 6.27. The summed E-state index contributed by atoms with van der Waals surface area (Å²) in [5.74, 6) is 1.13. The number of hydrogen-bond donors (Lipinski definition) is 1. The predicted molar refractivity (Wildman–Crippen MR) is 98.7 cm³/mol. The maximum atomic E-state index is 10.6. The second kappa shape index (κ2) is 8.62. The van der Waals surface area contributed by atoms with E-state index in [4.69, 9.17) is 4.74 Å². The molecule has 1 heterocycles. The highest BCUT2D eigenvalue weighted by Gasteiger charge is 2.07. The van der Waals surface area contributed by atoms with Crippen molar-refractivity contribution >= 4 is 23.4 Å². The average Bonchev–Trinajstić information content (AvgIpc) is 2.64. The third kappa shape index (κ3) is 4.66. The first kappa shape index (κ1) is 18.2. The van der Waals surface area contributed by atoms with Gasteiger partial charge in [0, 0.05) is 36.5 Å². The molecule has 132 valence electrons. The van der Waals surface area contributed by atoms with Crippen molar-refractivity contribution in [3.05, 3.63) is 52.2 Å². The molecule has 0 aliphatic heterocycles. The molecule has 0 fully saturated rings. The smallest absolute Gasteiger partial charge is 0.287 e. The zero-order valence-electron chi connectivity index (χ0n) is 14.5. The summed E-state index contributed by atoms with van der Waals surface area (Å²) in [4.78, 5) is 16.3. The van der Waals surface area contributed by atoms with E-state index >= 15 is 0 Å². The van der Waals surface area contributed by atoms with Crippen LogP contribution in [-0.2, 0) is 0 Å². The molecule has 0 unspecified atom stereocenters. The minimum Gasteiger partial charge on any atom is -0.496 e. The topological polar surface area (TPSA) is 92.9 Å². The molecule has 1 aromatic heterocycles. The molecule has 0 saturated heterocycles. The van der Waals surface area contributed by atoms with E-state index in [-0.39, 0.29) is 5.69 Å². The lowest BCUT2D eigenvalue weighted by Gasteiger charge is -2.21. The van der Waals surface area contributed by atoms with Crippen molar-refractivity contribution in [2.45, 2.75) is 13.8 Å². The molecule has 0 saturated carbocycles. The number of ether oxygens (including phenoxy) is 1. The Labute approximate surface area is 146 Å². The number of nitro groups is 1. The molecule has 0 aliphatic rings. The molecule has 0 aliphatic carbocycles. The molecule has 0 spiro atoms. The van der Waals surface area contributed by atoms with E-state index in [1.54, 1.807) is 13.3 Å². The van der Waals surface area contributed by atoms with E-state index in [9.17, 15) is 10.1 Å². The van der Waals surface area contributed by atoms with E-state index in [2.05, 4.69) is 34.3 Å². The third-order valence-corrected chi connectivity index (χ3v) is 3.69. The molecular weight excluding hydrogens is 322 g/mol. The van der Waals surface area contributed by atoms with E-state index in [1.807, 2.05) is 18.2 Å². The Balaban J connectivity index is 2.10. The molecule has 0 atom stereocenters. The summed E-state index contributed by atoms with van der Waals surface area (Å²) in [5.41, 5.74) is 4.57. The third-order valence-electron chi connectivity index (χ3n) is 3.69. The van der Waals surface area contributed by atoms with Crippen LogP contribution >= 0.6 is 0 Å². The lowest BCUT2D eigenvalue weighted by molar-refractivity contribution is -0.385. The van der Waals surface area contributed by atoms with Crippen molar-refractivity contribution in [1.82, 2.24) is 4.98 Å². The van der Waals surface area contributed by atoms with Crippen LogP contribution in [0.15, 0.2) is 41.6 Å². The van der Waals surface area contributed by atoms with Crippen molar-refractivity contribution in [1.29, 1.82) is 0 Å². The highest BCUT2D eigenvalue weighted by molar-refractivity contribution is 5.85. The second-order valence-corrected chi connectivity index (χ2v) is 5.13. The van der Waals surface area contributed by atoms with E-state index in [0.717, 1.165) is 24.3 Å². The number of benzene rings is 1. The van der Waals surface area contributed by atoms with Crippen molar-refractivity contribution in [2.75, 3.05) is 30.5 Å². The van der Waals surface area contributed by atoms with Crippen molar-refractivity contribution in [3.63, 3.8) is 0 Å². The Bertz CT molecular complexity index is 742. The largest absolute Gasteiger partial charge is 0.496 e. The highest BCUT2D eigenvalue weighted by atomic mass is 16.6. The van der Waals surface area contributed by atoms with Crippen LogP contribution < -0.4 is 15.1 Å². The van der Waals surface area contributed by atoms with Gasteiger partial charge in [-0.05, 0) is 32.0 Å². The number of aromatic nitrogens is 1. The average molecular weight is 343 g/mol. The molecule has 2 rings (SSSR count). The summed E-state index contributed by atoms with van der Waals surface area (Å²) >= 11 is 0. The summed E-state index contributed by atoms with van der Waals surface area (Å²) in [7, 11) is 1.62. The van der Waals surface area contributed by atoms with Gasteiger partial charge in [-0.1, -0.05) is 0 Å². The Morgan fingerprint density at radius 3 is 2.64 bits per heavy atom. The van der Waals surface area contributed by atoms with E-state index in [0.29, 0.717) is 11.6 Å². The van der Waals surface area contributed by atoms with Crippen LogP contribution in [0.2, 0.25) is 0 Å². The first-order chi connectivity index (χ1) is 12.1. The number of nitrogens with one attached hydrogen (secondary N) is 1. The summed E-state index contributed by atoms with van der Waals surface area (Å²) in [6, 6.07) is 8.78. The fourth-order valence-corrected chi connectivity index (χ4v) is 2.32. The first-order valence-corrected chi connectivity index (χ1v) is 7.91. The second-order valence-electron chi connectivity index (χ2n) is 5.13. The normalized spacial score (nSPS) is 10.7. The van der Waals surface area contributed by atoms with Crippen LogP contribution in [0.5, 0.6) is 5.75 Å². The van der Waals surface area contributed by atoms with Gasteiger partial charge in [0.2, 0.25) is 0 Å². The van der Waals surface area contributed by atoms with Gasteiger partial charge in [0.05, 0.1) is 18.2 Å². The van der Waals surface area contributed by atoms with Crippen LogP contribution in [0.25, 0.3) is 0 Å². The fraction of sp³-hybridized carbons (Fsp3) is 0.294. The Morgan fingerprint density at radius 2 is 2.08 bits per heavy atom. The highest BCUT2D eigenvalue weighted by Crippen LogP contribution is 2.24. The number of hydrazone groups is 1. The van der Waals surface area contributed by atoms with Crippen LogP contribution in [0, 0.1) is 10.1 Å². The van der Waals surface area contributed by atoms with Gasteiger partial charge < -0.3 is 9.64 Å². The summed E-state index contributed by atoms with van der Waals surface area (Å²) in [6.07, 6.45) is 2.80. The molecule has 0 radical (unpaired) electrons. The minimum atomic E-state index is -0.498. The van der Waals surface area contributed by atoms with Gasteiger partial charge in [-0.15, -0.1) is 0 Å². The van der Waals surface area contributed by atoms with Crippen LogP contribution in [0.1, 0.15) is 19.4 Å². The molecule has 0 bridgehead atoms. The lowest BCUT2D eigenvalue weighted by atomic mass is 10.2. The number of anilines is 2. The molecule has 1 N–H and O–H groups in total. The molecule has 1 aromatic carbocycles. The van der Waals surface area contributed by atoms with E-state index in [1.165, 1.54) is 18.3 Å². The number of hydrogen-bond acceptors (Lipinski definition) is 7. The summed E-state index contributed by atoms with van der Waals surface area (Å²) in [6.45, 7) is 6.04. The Hall–Kier alpha value is -3.16. The lowest BCUT2D eigenvalue weighted by Crippen LogP contribution is -2.21. The van der Waals surface area contributed by atoms with Gasteiger partial charge in [0.1, 0.15) is 17.8 Å². The number of pyridine rings is 1. The van der Waals surface area contributed by atoms with Gasteiger partial charge in [-0.25, -0.2) is 4.98 Å². The van der Waals surface area contributed by atoms with Crippen LogP contribution in [0.4, 0.5) is 17.2 Å². The minimum absolute atomic E-state index is 0.0665. The number of rotatable bonds is 8. The van der Waals surface area contributed by atoms with Gasteiger partial charge in [0.15, 0.2) is 0 Å². The van der Waals surface area contributed by atoms with E-state index < -0.39 is 4.92 Å². The quantitative estimate of drug-likeness (QED) is 0.449. The number of nitrogens with zero attached hydrogens (tertiary/aromatic N) is 4. The predicted octanol–water partition coefficient (Wildman–Crippen LogP) is 3.29. The monoisotopic (exact) mass is 343 g/mol. The maximum Gasteiger partial charge on any atom is 0.287 e. The van der Waals surface area contributed by atoms with Crippen LogP contribution in [0.3, 0.4) is 0 Å². The summed E-state index contributed by atoms with van der Waals surface area (Å²) < 4.78 is 5.43. The maximum absolute atomic E-state index is 10.6. The SMILES string of the molecule is CCN(CC)c1ccc(/C=N\Nc2ccc([N+](=O)[O-])cn2)c(OC)c1.